The van der Waals surface area contributed by atoms with Crippen LogP contribution in [0.15, 0.2) is 0 Å². The maximum atomic E-state index is 11.9. The van der Waals surface area contributed by atoms with Crippen LogP contribution >= 0.6 is 23.4 Å². The summed E-state index contributed by atoms with van der Waals surface area (Å²) in [4.78, 5) is 13.9. The molecule has 0 rings (SSSR count). The van der Waals surface area contributed by atoms with E-state index in [9.17, 15) is 4.79 Å². The second kappa shape index (κ2) is 9.34. The Labute approximate surface area is 103 Å². The molecule has 90 valence electrons. The van der Waals surface area contributed by atoms with Gasteiger partial charge in [-0.1, -0.05) is 13.8 Å². The molecule has 4 heteroatoms. The van der Waals surface area contributed by atoms with Crippen molar-refractivity contribution in [3.05, 3.63) is 0 Å². The molecule has 0 aliphatic heterocycles. The fraction of sp³-hybridized carbons (Fsp3) is 0.909. The Hall–Kier alpha value is 0.110. The first kappa shape index (κ1) is 15.1. The number of carbonyl (C=O) groups excluding carboxylic acids is 1. The predicted octanol–water partition coefficient (Wildman–Crippen LogP) is 3.00. The van der Waals surface area contributed by atoms with Gasteiger partial charge in [0.1, 0.15) is 0 Å². The molecule has 0 aliphatic carbocycles. The number of hydrogen-bond acceptors (Lipinski definition) is 2. The summed E-state index contributed by atoms with van der Waals surface area (Å²) in [6.45, 7) is 4.93. The third-order valence-corrected chi connectivity index (χ3v) is 3.33. The van der Waals surface area contributed by atoms with E-state index in [0.717, 1.165) is 18.6 Å². The highest BCUT2D eigenvalue weighted by Gasteiger charge is 2.19. The second-order valence-electron chi connectivity index (χ2n) is 3.49. The van der Waals surface area contributed by atoms with Crippen molar-refractivity contribution in [2.24, 2.45) is 0 Å². The van der Waals surface area contributed by atoms with Crippen molar-refractivity contribution in [2.45, 2.75) is 39.2 Å². The third kappa shape index (κ3) is 5.67. The van der Waals surface area contributed by atoms with Crippen molar-refractivity contribution in [1.82, 2.24) is 4.90 Å². The van der Waals surface area contributed by atoms with Crippen molar-refractivity contribution in [3.63, 3.8) is 0 Å². The molecule has 0 aromatic rings. The van der Waals surface area contributed by atoms with Crippen molar-refractivity contribution in [1.29, 1.82) is 0 Å². The molecule has 0 saturated carbocycles. The van der Waals surface area contributed by atoms with Crippen LogP contribution in [0.25, 0.3) is 0 Å². The standard InChI is InChI=1S/C11H22ClNOS/c1-4-10(5-2)13(8-7-12)11(14)6-9-15-3/h10H,4-9H2,1-3H3. The first-order valence-corrected chi connectivity index (χ1v) is 7.48. The van der Waals surface area contributed by atoms with Crippen molar-refractivity contribution < 1.29 is 4.79 Å². The quantitative estimate of drug-likeness (QED) is 0.618. The van der Waals surface area contributed by atoms with Gasteiger partial charge in [-0.25, -0.2) is 0 Å². The van der Waals surface area contributed by atoms with Gasteiger partial charge in [0.05, 0.1) is 0 Å². The lowest BCUT2D eigenvalue weighted by Crippen LogP contribution is -2.41. The number of halogens is 1. The van der Waals surface area contributed by atoms with E-state index >= 15 is 0 Å². The van der Waals surface area contributed by atoms with Crippen LogP contribution in [0.2, 0.25) is 0 Å². The van der Waals surface area contributed by atoms with Crippen molar-refractivity contribution in [3.8, 4) is 0 Å². The normalized spacial score (nSPS) is 10.7. The number of alkyl halides is 1. The molecular formula is C11H22ClNOS. The maximum Gasteiger partial charge on any atom is 0.223 e. The van der Waals surface area contributed by atoms with Crippen LogP contribution in [0.4, 0.5) is 0 Å². The zero-order chi connectivity index (χ0) is 11.7. The summed E-state index contributed by atoms with van der Waals surface area (Å²) in [6.07, 6.45) is 4.68. The number of rotatable bonds is 8. The van der Waals surface area contributed by atoms with Crippen LogP contribution < -0.4 is 0 Å². The zero-order valence-electron chi connectivity index (χ0n) is 9.96. The minimum absolute atomic E-state index is 0.249. The molecule has 0 N–H and O–H groups in total. The van der Waals surface area contributed by atoms with Gasteiger partial charge in [0.2, 0.25) is 5.91 Å². The van der Waals surface area contributed by atoms with E-state index < -0.39 is 0 Å². The maximum absolute atomic E-state index is 11.9. The molecule has 0 aromatic carbocycles. The van der Waals surface area contributed by atoms with E-state index in [1.165, 1.54) is 0 Å². The highest BCUT2D eigenvalue weighted by molar-refractivity contribution is 7.98. The Morgan fingerprint density at radius 3 is 2.40 bits per heavy atom. The lowest BCUT2D eigenvalue weighted by Gasteiger charge is -2.30. The van der Waals surface area contributed by atoms with E-state index in [2.05, 4.69) is 13.8 Å². The van der Waals surface area contributed by atoms with Gasteiger partial charge >= 0.3 is 0 Å². The second-order valence-corrected chi connectivity index (χ2v) is 4.85. The highest BCUT2D eigenvalue weighted by Crippen LogP contribution is 2.11. The average molecular weight is 252 g/mol. The average Bonchev–Trinajstić information content (AvgIpc) is 2.26. The number of carbonyl (C=O) groups is 1. The first-order valence-electron chi connectivity index (χ1n) is 5.55. The Balaban J connectivity index is 4.28. The largest absolute Gasteiger partial charge is 0.339 e. The van der Waals surface area contributed by atoms with E-state index in [-0.39, 0.29) is 5.91 Å². The summed E-state index contributed by atoms with van der Waals surface area (Å²) in [5, 5.41) is 0. The van der Waals surface area contributed by atoms with Gasteiger partial charge in [-0.3, -0.25) is 4.79 Å². The van der Waals surface area contributed by atoms with Crippen LogP contribution in [0.5, 0.6) is 0 Å². The van der Waals surface area contributed by atoms with Crippen molar-refractivity contribution >= 4 is 29.3 Å². The summed E-state index contributed by atoms with van der Waals surface area (Å²) in [7, 11) is 0. The highest BCUT2D eigenvalue weighted by atomic mass is 35.5. The monoisotopic (exact) mass is 251 g/mol. The van der Waals surface area contributed by atoms with Crippen LogP contribution in [0.3, 0.4) is 0 Å². The van der Waals surface area contributed by atoms with Crippen LogP contribution in [0.1, 0.15) is 33.1 Å². The molecule has 0 aliphatic rings. The lowest BCUT2D eigenvalue weighted by molar-refractivity contribution is -0.132. The minimum atomic E-state index is 0.249. The molecule has 15 heavy (non-hydrogen) atoms. The smallest absolute Gasteiger partial charge is 0.223 e. The summed E-state index contributed by atoms with van der Waals surface area (Å²) in [6, 6.07) is 0.359. The molecule has 0 radical (unpaired) electrons. The van der Waals surface area contributed by atoms with E-state index in [1.807, 2.05) is 11.2 Å². The van der Waals surface area contributed by atoms with Crippen LogP contribution in [-0.2, 0) is 4.79 Å². The number of nitrogens with zero attached hydrogens (tertiary/aromatic N) is 1. The van der Waals surface area contributed by atoms with E-state index in [4.69, 9.17) is 11.6 Å². The van der Waals surface area contributed by atoms with Gasteiger partial charge in [-0.15, -0.1) is 11.6 Å². The van der Waals surface area contributed by atoms with Gasteiger partial charge in [-0.05, 0) is 19.1 Å². The van der Waals surface area contributed by atoms with Crippen molar-refractivity contribution in [2.75, 3.05) is 24.4 Å². The van der Waals surface area contributed by atoms with Gasteiger partial charge in [-0.2, -0.15) is 11.8 Å². The summed E-state index contributed by atoms with van der Waals surface area (Å²) >= 11 is 7.45. The first-order chi connectivity index (χ1) is 7.21. The zero-order valence-corrected chi connectivity index (χ0v) is 11.5. The van der Waals surface area contributed by atoms with E-state index in [1.54, 1.807) is 11.8 Å². The molecule has 0 saturated heterocycles. The summed E-state index contributed by atoms with van der Waals surface area (Å²) < 4.78 is 0. The van der Waals surface area contributed by atoms with Gasteiger partial charge in [0, 0.05) is 30.6 Å². The molecule has 0 atom stereocenters. The van der Waals surface area contributed by atoms with Crippen LogP contribution in [-0.4, -0.2) is 41.3 Å². The SMILES string of the molecule is CCC(CC)N(CCCl)C(=O)CCSC. The topological polar surface area (TPSA) is 20.3 Å². The van der Waals surface area contributed by atoms with Crippen LogP contribution in [0, 0.1) is 0 Å². The third-order valence-electron chi connectivity index (χ3n) is 2.55. The Kier molecular flexibility index (Phi) is 9.41. The Bertz CT molecular complexity index is 174. The number of amides is 1. The Morgan fingerprint density at radius 2 is 2.00 bits per heavy atom. The lowest BCUT2D eigenvalue weighted by atomic mass is 10.1. The molecule has 0 bridgehead atoms. The summed E-state index contributed by atoms with van der Waals surface area (Å²) in [5.74, 6) is 1.68. The fourth-order valence-electron chi connectivity index (χ4n) is 1.66. The van der Waals surface area contributed by atoms with Gasteiger partial charge in [0.15, 0.2) is 0 Å². The van der Waals surface area contributed by atoms with Gasteiger partial charge in [0.25, 0.3) is 0 Å². The molecular weight excluding hydrogens is 230 g/mol. The molecule has 0 heterocycles. The predicted molar refractivity (Wildman–Crippen MR) is 69.8 cm³/mol. The Morgan fingerprint density at radius 1 is 1.40 bits per heavy atom. The number of hydrogen-bond donors (Lipinski definition) is 0. The molecule has 0 spiro atoms. The minimum Gasteiger partial charge on any atom is -0.339 e. The fourth-order valence-corrected chi connectivity index (χ4v) is 2.23. The molecule has 1 amide bonds. The van der Waals surface area contributed by atoms with E-state index in [0.29, 0.717) is 24.9 Å². The van der Waals surface area contributed by atoms with Gasteiger partial charge < -0.3 is 4.90 Å². The molecule has 0 fully saturated rings. The number of thioether (sulfide) groups is 1. The molecule has 2 nitrogen and oxygen atoms in total. The molecule has 0 aromatic heterocycles. The molecule has 0 unspecified atom stereocenters. The summed E-state index contributed by atoms with van der Waals surface area (Å²) in [5.41, 5.74) is 0.